The summed E-state index contributed by atoms with van der Waals surface area (Å²) in [5, 5.41) is 3.23. The Bertz CT molecular complexity index is 628. The van der Waals surface area contributed by atoms with E-state index in [0.29, 0.717) is 23.7 Å². The molecule has 1 aromatic rings. The third-order valence-corrected chi connectivity index (χ3v) is 5.64. The predicted molar refractivity (Wildman–Crippen MR) is 77.8 cm³/mol. The third-order valence-electron chi connectivity index (χ3n) is 5.42. The highest BCUT2D eigenvalue weighted by molar-refractivity contribution is 6.30. The average Bonchev–Trinajstić information content (AvgIpc) is 2.72. The molecule has 5 nitrogen and oxygen atoms in total. The third kappa shape index (κ3) is 1.67. The van der Waals surface area contributed by atoms with Gasteiger partial charge in [-0.2, -0.15) is 0 Å². The molecule has 1 amide bonds. The second kappa shape index (κ2) is 4.19. The number of fused-ring (bicyclic) bond motifs is 2. The number of amides is 1. The van der Waals surface area contributed by atoms with Crippen LogP contribution in [0.3, 0.4) is 0 Å². The van der Waals surface area contributed by atoms with Crippen LogP contribution in [0.4, 0.5) is 5.82 Å². The Kier molecular flexibility index (Phi) is 2.86. The molecular formula is C15H17ClN2O3. The standard InChI is InChI=1S/C15H17ClN2O3/c1-13(2)14(3)6-7-15(13,21-12(14)20)11(19)18-10-5-4-9(16)8-17-10/h4-5,8H,6-7H2,1-3H3,(H,17,18,19)/t14-,15-/m0/s1. The minimum atomic E-state index is -1.12. The number of nitrogens with zero attached hydrogens (tertiary/aromatic N) is 1. The number of halogens is 1. The van der Waals surface area contributed by atoms with Crippen molar-refractivity contribution in [3.8, 4) is 0 Å². The molecular weight excluding hydrogens is 292 g/mol. The monoisotopic (exact) mass is 308 g/mol. The van der Waals surface area contributed by atoms with Crippen LogP contribution in [-0.4, -0.2) is 22.5 Å². The molecule has 2 aliphatic rings. The van der Waals surface area contributed by atoms with E-state index in [1.165, 1.54) is 6.20 Å². The van der Waals surface area contributed by atoms with Crippen molar-refractivity contribution in [1.29, 1.82) is 0 Å². The lowest BCUT2D eigenvalue weighted by Crippen LogP contribution is -2.50. The molecule has 1 saturated carbocycles. The van der Waals surface area contributed by atoms with E-state index in [4.69, 9.17) is 16.3 Å². The second-order valence-corrected chi connectivity index (χ2v) is 6.93. The van der Waals surface area contributed by atoms with Crippen molar-refractivity contribution in [2.24, 2.45) is 10.8 Å². The van der Waals surface area contributed by atoms with E-state index in [1.807, 2.05) is 20.8 Å². The second-order valence-electron chi connectivity index (χ2n) is 6.49. The molecule has 2 bridgehead atoms. The molecule has 3 rings (SSSR count). The van der Waals surface area contributed by atoms with Gasteiger partial charge in [-0.05, 0) is 31.9 Å². The van der Waals surface area contributed by atoms with Gasteiger partial charge in [0.15, 0.2) is 5.60 Å². The zero-order valence-electron chi connectivity index (χ0n) is 12.2. The molecule has 2 fully saturated rings. The Balaban J connectivity index is 1.91. The first-order valence-electron chi connectivity index (χ1n) is 6.89. The Morgan fingerprint density at radius 2 is 2.05 bits per heavy atom. The maximum atomic E-state index is 12.7. The number of aromatic nitrogens is 1. The van der Waals surface area contributed by atoms with E-state index in [2.05, 4.69) is 10.3 Å². The zero-order chi connectivity index (χ0) is 15.5. The molecule has 1 saturated heterocycles. The molecule has 2 heterocycles. The summed E-state index contributed by atoms with van der Waals surface area (Å²) in [7, 11) is 0. The zero-order valence-corrected chi connectivity index (χ0v) is 13.0. The number of pyridine rings is 1. The minimum absolute atomic E-state index is 0.294. The van der Waals surface area contributed by atoms with Crippen LogP contribution in [0.15, 0.2) is 18.3 Å². The number of esters is 1. The molecule has 0 unspecified atom stereocenters. The number of carbonyl (C=O) groups is 2. The van der Waals surface area contributed by atoms with Crippen molar-refractivity contribution in [2.75, 3.05) is 5.32 Å². The van der Waals surface area contributed by atoms with Crippen molar-refractivity contribution in [1.82, 2.24) is 4.98 Å². The number of anilines is 1. The molecule has 0 aromatic carbocycles. The topological polar surface area (TPSA) is 68.3 Å². The summed E-state index contributed by atoms with van der Waals surface area (Å²) in [6.07, 6.45) is 2.64. The Hall–Kier alpha value is -1.62. The van der Waals surface area contributed by atoms with Gasteiger partial charge in [-0.15, -0.1) is 0 Å². The molecule has 1 aliphatic carbocycles. The van der Waals surface area contributed by atoms with Gasteiger partial charge >= 0.3 is 5.97 Å². The molecule has 1 N–H and O–H groups in total. The summed E-state index contributed by atoms with van der Waals surface area (Å²) in [4.78, 5) is 28.9. The highest BCUT2D eigenvalue weighted by Gasteiger charge is 2.75. The smallest absolute Gasteiger partial charge is 0.313 e. The fraction of sp³-hybridized carbons (Fsp3) is 0.533. The lowest BCUT2D eigenvalue weighted by molar-refractivity contribution is -0.165. The average molecular weight is 309 g/mol. The number of nitrogens with one attached hydrogen (secondary N) is 1. The van der Waals surface area contributed by atoms with Gasteiger partial charge in [0.2, 0.25) is 0 Å². The van der Waals surface area contributed by atoms with Crippen LogP contribution >= 0.6 is 11.6 Å². The summed E-state index contributed by atoms with van der Waals surface area (Å²) in [5.74, 6) is -0.221. The summed E-state index contributed by atoms with van der Waals surface area (Å²) in [5.41, 5.74) is -2.30. The van der Waals surface area contributed by atoms with Crippen LogP contribution in [0, 0.1) is 10.8 Å². The van der Waals surface area contributed by atoms with Gasteiger partial charge < -0.3 is 10.1 Å². The van der Waals surface area contributed by atoms with E-state index in [-0.39, 0.29) is 11.9 Å². The van der Waals surface area contributed by atoms with Crippen molar-refractivity contribution < 1.29 is 14.3 Å². The van der Waals surface area contributed by atoms with E-state index >= 15 is 0 Å². The van der Waals surface area contributed by atoms with Gasteiger partial charge in [-0.1, -0.05) is 25.4 Å². The van der Waals surface area contributed by atoms with E-state index < -0.39 is 16.4 Å². The number of carbonyl (C=O) groups excluding carboxylic acids is 2. The summed E-state index contributed by atoms with van der Waals surface area (Å²) >= 11 is 5.77. The first kappa shape index (κ1) is 14.3. The van der Waals surface area contributed by atoms with Crippen LogP contribution in [0.2, 0.25) is 5.02 Å². The van der Waals surface area contributed by atoms with E-state index in [9.17, 15) is 9.59 Å². The summed E-state index contributed by atoms with van der Waals surface area (Å²) in [6.45, 7) is 5.71. The lowest BCUT2D eigenvalue weighted by Gasteiger charge is -2.35. The van der Waals surface area contributed by atoms with E-state index in [0.717, 1.165) is 0 Å². The fourth-order valence-electron chi connectivity index (χ4n) is 3.41. The first-order chi connectivity index (χ1) is 9.73. The number of rotatable bonds is 2. The quantitative estimate of drug-likeness (QED) is 0.853. The molecule has 21 heavy (non-hydrogen) atoms. The van der Waals surface area contributed by atoms with Crippen LogP contribution in [0.5, 0.6) is 0 Å². The largest absolute Gasteiger partial charge is 0.448 e. The fourth-order valence-corrected chi connectivity index (χ4v) is 3.53. The lowest BCUT2D eigenvalue weighted by atomic mass is 9.66. The highest BCUT2D eigenvalue weighted by Crippen LogP contribution is 2.65. The molecule has 1 aliphatic heterocycles. The summed E-state index contributed by atoms with van der Waals surface area (Å²) < 4.78 is 5.52. The number of hydrogen-bond donors (Lipinski definition) is 1. The van der Waals surface area contributed by atoms with Crippen LogP contribution in [0.25, 0.3) is 0 Å². The van der Waals surface area contributed by atoms with Crippen molar-refractivity contribution >= 4 is 29.3 Å². The van der Waals surface area contributed by atoms with Gasteiger partial charge in [0.1, 0.15) is 5.82 Å². The van der Waals surface area contributed by atoms with Gasteiger partial charge in [0, 0.05) is 11.6 Å². The van der Waals surface area contributed by atoms with Crippen molar-refractivity contribution in [2.45, 2.75) is 39.2 Å². The summed E-state index contributed by atoms with van der Waals surface area (Å²) in [6, 6.07) is 3.27. The molecule has 112 valence electrons. The Labute approximate surface area is 128 Å². The Morgan fingerprint density at radius 1 is 1.33 bits per heavy atom. The first-order valence-corrected chi connectivity index (χ1v) is 7.27. The van der Waals surface area contributed by atoms with Gasteiger partial charge in [0.05, 0.1) is 10.4 Å². The number of ether oxygens (including phenoxy) is 1. The predicted octanol–water partition coefficient (Wildman–Crippen LogP) is 2.80. The highest BCUT2D eigenvalue weighted by atomic mass is 35.5. The molecule has 2 atom stereocenters. The van der Waals surface area contributed by atoms with Crippen molar-refractivity contribution in [3.63, 3.8) is 0 Å². The van der Waals surface area contributed by atoms with Gasteiger partial charge in [0.25, 0.3) is 5.91 Å². The van der Waals surface area contributed by atoms with E-state index in [1.54, 1.807) is 12.1 Å². The molecule has 1 aromatic heterocycles. The van der Waals surface area contributed by atoms with Crippen molar-refractivity contribution in [3.05, 3.63) is 23.4 Å². The molecule has 0 radical (unpaired) electrons. The van der Waals surface area contributed by atoms with Crippen LogP contribution in [0.1, 0.15) is 33.6 Å². The van der Waals surface area contributed by atoms with Gasteiger partial charge in [-0.25, -0.2) is 4.98 Å². The van der Waals surface area contributed by atoms with Crippen LogP contribution in [-0.2, 0) is 14.3 Å². The van der Waals surface area contributed by atoms with Gasteiger partial charge in [-0.3, -0.25) is 9.59 Å². The minimum Gasteiger partial charge on any atom is -0.448 e. The number of hydrogen-bond acceptors (Lipinski definition) is 4. The maximum Gasteiger partial charge on any atom is 0.313 e. The normalized spacial score (nSPS) is 32.9. The SMILES string of the molecule is CC1(C)[C@@]2(C)CC[C@@]1(C(=O)Nc1ccc(Cl)cn1)OC2=O. The molecule has 0 spiro atoms. The van der Waals surface area contributed by atoms with Crippen LogP contribution < -0.4 is 5.32 Å². The Morgan fingerprint density at radius 3 is 2.52 bits per heavy atom. The molecule has 6 heteroatoms. The maximum absolute atomic E-state index is 12.7.